The molecule has 1 unspecified atom stereocenters. The lowest BCUT2D eigenvalue weighted by Gasteiger charge is -2.16. The largest absolute Gasteiger partial charge is 0.497 e. The number of halogens is 3. The third kappa shape index (κ3) is 3.45. The summed E-state index contributed by atoms with van der Waals surface area (Å²) in [4.78, 5) is 0. The van der Waals surface area contributed by atoms with Gasteiger partial charge in [0, 0.05) is 11.1 Å². The molecule has 2 rings (SSSR count). The molecule has 0 N–H and O–H groups in total. The third-order valence-corrected chi connectivity index (χ3v) is 3.61. The van der Waals surface area contributed by atoms with Crippen molar-refractivity contribution in [2.45, 2.75) is 11.8 Å². The number of hydrogen-bond acceptors (Lipinski definition) is 2. The minimum atomic E-state index is -0.638. The molecule has 0 aliphatic carbocycles. The summed E-state index contributed by atoms with van der Waals surface area (Å²) < 4.78 is 37.8. The van der Waals surface area contributed by atoms with E-state index in [-0.39, 0.29) is 12.0 Å². The van der Waals surface area contributed by atoms with Crippen LogP contribution in [-0.2, 0) is 6.42 Å². The monoisotopic (exact) mass is 312 g/mol. The molecule has 112 valence electrons. The van der Waals surface area contributed by atoms with Crippen LogP contribution in [0.2, 0.25) is 0 Å². The van der Waals surface area contributed by atoms with Crippen molar-refractivity contribution < 1.29 is 18.3 Å². The summed E-state index contributed by atoms with van der Waals surface area (Å²) in [7, 11) is 3.05. The Kier molecular flexibility index (Phi) is 5.02. The average Bonchev–Trinajstić information content (AvgIpc) is 2.50. The van der Waals surface area contributed by atoms with Gasteiger partial charge in [-0.2, -0.15) is 0 Å². The van der Waals surface area contributed by atoms with Gasteiger partial charge in [-0.1, -0.05) is 6.07 Å². The average molecular weight is 313 g/mol. The summed E-state index contributed by atoms with van der Waals surface area (Å²) in [5.41, 5.74) is 0.587. The summed E-state index contributed by atoms with van der Waals surface area (Å²) in [6.07, 6.45) is 0.0175. The van der Waals surface area contributed by atoms with E-state index in [4.69, 9.17) is 21.1 Å². The van der Waals surface area contributed by atoms with Crippen molar-refractivity contribution in [1.29, 1.82) is 0 Å². The number of benzene rings is 2. The van der Waals surface area contributed by atoms with E-state index in [2.05, 4.69) is 0 Å². The minimum absolute atomic E-state index is 0.0175. The van der Waals surface area contributed by atoms with Crippen LogP contribution in [0.15, 0.2) is 36.4 Å². The van der Waals surface area contributed by atoms with Crippen LogP contribution in [0.5, 0.6) is 11.5 Å². The maximum Gasteiger partial charge on any atom is 0.129 e. The molecular weight excluding hydrogens is 298 g/mol. The normalized spacial score (nSPS) is 12.0. The van der Waals surface area contributed by atoms with Crippen LogP contribution in [0, 0.1) is 11.6 Å². The molecule has 0 fully saturated rings. The quantitative estimate of drug-likeness (QED) is 0.757. The van der Waals surface area contributed by atoms with Crippen molar-refractivity contribution in [2.75, 3.05) is 14.2 Å². The number of rotatable bonds is 5. The van der Waals surface area contributed by atoms with Crippen molar-refractivity contribution in [3.8, 4) is 11.5 Å². The Labute approximate surface area is 127 Å². The molecule has 2 aromatic rings. The van der Waals surface area contributed by atoms with Gasteiger partial charge in [-0.15, -0.1) is 11.6 Å². The lowest BCUT2D eigenvalue weighted by Crippen LogP contribution is -2.03. The zero-order valence-electron chi connectivity index (χ0n) is 11.7. The van der Waals surface area contributed by atoms with E-state index < -0.39 is 17.0 Å². The molecule has 0 saturated carbocycles. The van der Waals surface area contributed by atoms with Crippen LogP contribution in [0.4, 0.5) is 8.78 Å². The molecule has 5 heteroatoms. The van der Waals surface area contributed by atoms with E-state index in [1.807, 2.05) is 0 Å². The fraction of sp³-hybridized carbons (Fsp3) is 0.250. The first-order valence-electron chi connectivity index (χ1n) is 6.35. The van der Waals surface area contributed by atoms with E-state index in [0.29, 0.717) is 17.1 Å². The number of alkyl halides is 1. The van der Waals surface area contributed by atoms with Crippen LogP contribution < -0.4 is 9.47 Å². The molecule has 1 atom stereocenters. The van der Waals surface area contributed by atoms with Crippen LogP contribution >= 0.6 is 11.6 Å². The van der Waals surface area contributed by atoms with E-state index >= 15 is 0 Å². The van der Waals surface area contributed by atoms with Crippen LogP contribution in [0.25, 0.3) is 0 Å². The molecule has 0 saturated heterocycles. The van der Waals surface area contributed by atoms with Gasteiger partial charge in [0.15, 0.2) is 0 Å². The second-order valence-corrected chi connectivity index (χ2v) is 5.01. The van der Waals surface area contributed by atoms with Crippen LogP contribution in [0.1, 0.15) is 16.5 Å². The summed E-state index contributed by atoms with van der Waals surface area (Å²) in [6.45, 7) is 0. The smallest absolute Gasteiger partial charge is 0.129 e. The second kappa shape index (κ2) is 6.76. The van der Waals surface area contributed by atoms with Crippen molar-refractivity contribution in [3.05, 3.63) is 59.2 Å². The summed E-state index contributed by atoms with van der Waals surface area (Å²) in [5.74, 6) is -0.0666. The summed E-state index contributed by atoms with van der Waals surface area (Å²) in [5, 5.41) is -0.638. The Balaban J connectivity index is 2.33. The zero-order chi connectivity index (χ0) is 15.4. The molecule has 0 amide bonds. The highest BCUT2D eigenvalue weighted by molar-refractivity contribution is 6.21. The summed E-state index contributed by atoms with van der Waals surface area (Å²) >= 11 is 6.33. The molecule has 21 heavy (non-hydrogen) atoms. The van der Waals surface area contributed by atoms with E-state index in [0.717, 1.165) is 0 Å². The Morgan fingerprint density at radius 3 is 2.29 bits per heavy atom. The molecular formula is C16H15ClF2O2. The highest BCUT2D eigenvalue weighted by Crippen LogP contribution is 2.35. The van der Waals surface area contributed by atoms with Crippen molar-refractivity contribution >= 4 is 11.6 Å². The third-order valence-electron chi connectivity index (χ3n) is 3.22. The fourth-order valence-electron chi connectivity index (χ4n) is 2.10. The van der Waals surface area contributed by atoms with E-state index in [1.54, 1.807) is 18.2 Å². The van der Waals surface area contributed by atoms with Gasteiger partial charge in [-0.3, -0.25) is 0 Å². The van der Waals surface area contributed by atoms with Crippen molar-refractivity contribution in [3.63, 3.8) is 0 Å². The molecule has 0 heterocycles. The van der Waals surface area contributed by atoms with Gasteiger partial charge < -0.3 is 9.47 Å². The Hall–Kier alpha value is -1.81. The van der Waals surface area contributed by atoms with Gasteiger partial charge in [-0.25, -0.2) is 8.78 Å². The molecule has 2 aromatic carbocycles. The first-order chi connectivity index (χ1) is 10.1. The second-order valence-electron chi connectivity index (χ2n) is 4.48. The maximum atomic E-state index is 13.7. The zero-order valence-corrected chi connectivity index (χ0v) is 12.5. The van der Waals surface area contributed by atoms with E-state index in [9.17, 15) is 8.78 Å². The van der Waals surface area contributed by atoms with Crippen molar-refractivity contribution in [2.24, 2.45) is 0 Å². The van der Waals surface area contributed by atoms with Gasteiger partial charge >= 0.3 is 0 Å². The number of ether oxygens (including phenoxy) is 2. The topological polar surface area (TPSA) is 18.5 Å². The van der Waals surface area contributed by atoms with Crippen molar-refractivity contribution in [1.82, 2.24) is 0 Å². The SMILES string of the molecule is COc1ccc(OC)c(C(Cl)Cc2c(F)cccc2F)c1. The van der Waals surface area contributed by atoms with Gasteiger partial charge in [0.2, 0.25) is 0 Å². The Morgan fingerprint density at radius 1 is 1.05 bits per heavy atom. The van der Waals surface area contributed by atoms with Gasteiger partial charge in [-0.05, 0) is 36.8 Å². The molecule has 0 aliphatic heterocycles. The van der Waals surface area contributed by atoms with Crippen LogP contribution in [-0.4, -0.2) is 14.2 Å². The highest BCUT2D eigenvalue weighted by Gasteiger charge is 2.19. The van der Waals surface area contributed by atoms with Gasteiger partial charge in [0.05, 0.1) is 19.6 Å². The molecule has 0 aromatic heterocycles. The minimum Gasteiger partial charge on any atom is -0.497 e. The maximum absolute atomic E-state index is 13.7. The number of methoxy groups -OCH3 is 2. The lowest BCUT2D eigenvalue weighted by atomic mass is 10.0. The summed E-state index contributed by atoms with van der Waals surface area (Å²) in [6, 6.07) is 8.89. The highest BCUT2D eigenvalue weighted by atomic mass is 35.5. The number of hydrogen-bond donors (Lipinski definition) is 0. The van der Waals surface area contributed by atoms with Gasteiger partial charge in [0.25, 0.3) is 0 Å². The molecule has 0 spiro atoms. The molecule has 0 bridgehead atoms. The first kappa shape index (κ1) is 15.6. The van der Waals surface area contributed by atoms with Gasteiger partial charge in [0.1, 0.15) is 23.1 Å². The molecule has 2 nitrogen and oxygen atoms in total. The lowest BCUT2D eigenvalue weighted by molar-refractivity contribution is 0.398. The predicted molar refractivity (Wildman–Crippen MR) is 78.2 cm³/mol. The standard InChI is InChI=1S/C16H15ClF2O2/c1-20-10-6-7-16(21-2)11(8-10)13(17)9-12-14(18)4-3-5-15(12)19/h3-8,13H,9H2,1-2H3. The first-order valence-corrected chi connectivity index (χ1v) is 6.79. The molecule has 0 radical (unpaired) electrons. The molecule has 0 aliphatic rings. The van der Waals surface area contributed by atoms with E-state index in [1.165, 1.54) is 32.4 Å². The fourth-order valence-corrected chi connectivity index (χ4v) is 2.43. The predicted octanol–water partition coefficient (Wildman–Crippen LogP) is 4.50. The van der Waals surface area contributed by atoms with Crippen LogP contribution in [0.3, 0.4) is 0 Å². The Morgan fingerprint density at radius 2 is 1.71 bits per heavy atom. The Bertz CT molecular complexity index is 611.